The van der Waals surface area contributed by atoms with Gasteiger partial charge in [0.25, 0.3) is 17.7 Å². The fourth-order valence-corrected chi connectivity index (χ4v) is 2.94. The Morgan fingerprint density at radius 2 is 1.65 bits per heavy atom. The molecule has 0 fully saturated rings. The Labute approximate surface area is 149 Å². The number of nitrogens with one attached hydrogen (secondary N) is 1. The summed E-state index contributed by atoms with van der Waals surface area (Å²) in [4.78, 5) is 38.5. The van der Waals surface area contributed by atoms with Crippen LogP contribution in [0.15, 0.2) is 65.3 Å². The van der Waals surface area contributed by atoms with Gasteiger partial charge in [0.05, 0.1) is 23.1 Å². The lowest BCUT2D eigenvalue weighted by molar-refractivity contribution is 0.0925. The minimum absolute atomic E-state index is 0.219. The van der Waals surface area contributed by atoms with E-state index in [2.05, 4.69) is 5.32 Å². The molecule has 0 radical (unpaired) electrons. The van der Waals surface area contributed by atoms with Crippen molar-refractivity contribution in [3.05, 3.63) is 83.3 Å². The minimum Gasteiger partial charge on any atom is -0.459 e. The lowest BCUT2D eigenvalue weighted by Crippen LogP contribution is -2.29. The molecule has 6 nitrogen and oxygen atoms in total. The summed E-state index contributed by atoms with van der Waals surface area (Å²) in [6.45, 7) is 1.77. The molecular formula is C20H14N2O4. The molecule has 0 spiro atoms. The lowest BCUT2D eigenvalue weighted by Gasteiger charge is -2.15. The quantitative estimate of drug-likeness (QED) is 0.734. The number of anilines is 2. The van der Waals surface area contributed by atoms with E-state index in [-0.39, 0.29) is 17.6 Å². The molecule has 2 heterocycles. The van der Waals surface area contributed by atoms with Gasteiger partial charge in [-0.25, -0.2) is 4.90 Å². The number of aryl methyl sites for hydroxylation is 1. The molecule has 1 N–H and O–H groups in total. The maximum atomic E-state index is 12.6. The lowest BCUT2D eigenvalue weighted by atomic mass is 10.1. The predicted octanol–water partition coefficient (Wildman–Crippen LogP) is 3.64. The molecule has 0 saturated heterocycles. The molecule has 26 heavy (non-hydrogen) atoms. The van der Waals surface area contributed by atoms with Crippen LogP contribution in [0.3, 0.4) is 0 Å². The molecule has 6 heteroatoms. The highest BCUT2D eigenvalue weighted by atomic mass is 16.3. The van der Waals surface area contributed by atoms with Crippen molar-refractivity contribution in [2.45, 2.75) is 6.92 Å². The monoisotopic (exact) mass is 346 g/mol. The van der Waals surface area contributed by atoms with Gasteiger partial charge in [0.2, 0.25) is 0 Å². The van der Waals surface area contributed by atoms with Gasteiger partial charge in [-0.3, -0.25) is 14.4 Å². The van der Waals surface area contributed by atoms with Crippen LogP contribution in [-0.2, 0) is 0 Å². The highest BCUT2D eigenvalue weighted by Gasteiger charge is 2.36. The number of carbonyl (C=O) groups excluding carboxylic acids is 3. The first-order valence-corrected chi connectivity index (χ1v) is 7.99. The zero-order valence-electron chi connectivity index (χ0n) is 13.9. The van der Waals surface area contributed by atoms with E-state index in [1.54, 1.807) is 61.5 Å². The van der Waals surface area contributed by atoms with Crippen LogP contribution >= 0.6 is 0 Å². The van der Waals surface area contributed by atoms with Crippen molar-refractivity contribution in [2.24, 2.45) is 0 Å². The summed E-state index contributed by atoms with van der Waals surface area (Å²) in [5.41, 5.74) is 2.32. The van der Waals surface area contributed by atoms with E-state index in [0.717, 1.165) is 10.5 Å². The van der Waals surface area contributed by atoms with Crippen LogP contribution in [0.25, 0.3) is 0 Å². The third-order valence-electron chi connectivity index (χ3n) is 4.22. The first kappa shape index (κ1) is 15.8. The summed E-state index contributed by atoms with van der Waals surface area (Å²) in [5, 5.41) is 2.72. The molecule has 128 valence electrons. The van der Waals surface area contributed by atoms with Gasteiger partial charge < -0.3 is 9.73 Å². The molecule has 0 bridgehead atoms. The molecule has 0 saturated carbocycles. The first-order valence-electron chi connectivity index (χ1n) is 7.99. The van der Waals surface area contributed by atoms with Crippen molar-refractivity contribution in [3.63, 3.8) is 0 Å². The van der Waals surface area contributed by atoms with Crippen LogP contribution in [0.2, 0.25) is 0 Å². The number of nitrogens with zero attached hydrogens (tertiary/aromatic N) is 1. The highest BCUT2D eigenvalue weighted by Crippen LogP contribution is 2.29. The zero-order valence-corrected chi connectivity index (χ0v) is 13.9. The first-order chi connectivity index (χ1) is 12.6. The molecule has 1 aliphatic heterocycles. The van der Waals surface area contributed by atoms with Crippen molar-refractivity contribution < 1.29 is 18.8 Å². The largest absolute Gasteiger partial charge is 0.459 e. The summed E-state index contributed by atoms with van der Waals surface area (Å²) < 4.78 is 5.17. The Kier molecular flexibility index (Phi) is 3.65. The normalized spacial score (nSPS) is 13.0. The number of imide groups is 1. The summed E-state index contributed by atoms with van der Waals surface area (Å²) in [5.74, 6) is -0.935. The summed E-state index contributed by atoms with van der Waals surface area (Å²) in [7, 11) is 0. The Bertz CT molecular complexity index is 1020. The van der Waals surface area contributed by atoms with Crippen molar-refractivity contribution in [1.82, 2.24) is 0 Å². The molecule has 3 amide bonds. The number of amides is 3. The van der Waals surface area contributed by atoms with E-state index in [9.17, 15) is 14.4 Å². The van der Waals surface area contributed by atoms with Crippen molar-refractivity contribution in [3.8, 4) is 0 Å². The number of hydrogen-bond acceptors (Lipinski definition) is 4. The van der Waals surface area contributed by atoms with Gasteiger partial charge in [-0.1, -0.05) is 18.2 Å². The van der Waals surface area contributed by atoms with E-state index >= 15 is 0 Å². The number of hydrogen-bond donors (Lipinski definition) is 1. The standard InChI is InChI=1S/C20H14N2O4/c1-12-9-10-26-17(12)18(23)21-13-5-4-6-14(11-13)22-19(24)15-7-2-3-8-16(15)20(22)25/h2-11H,1H3,(H,21,23). The van der Waals surface area contributed by atoms with E-state index in [4.69, 9.17) is 4.42 Å². The smallest absolute Gasteiger partial charge is 0.291 e. The Morgan fingerprint density at radius 1 is 0.962 bits per heavy atom. The fourth-order valence-electron chi connectivity index (χ4n) is 2.94. The van der Waals surface area contributed by atoms with Gasteiger partial charge in [0.15, 0.2) is 5.76 Å². The van der Waals surface area contributed by atoms with Crippen LogP contribution in [0.4, 0.5) is 11.4 Å². The molecule has 0 unspecified atom stereocenters. The Balaban J connectivity index is 1.63. The molecule has 2 aromatic carbocycles. The summed E-state index contributed by atoms with van der Waals surface area (Å²) >= 11 is 0. The average Bonchev–Trinajstić information content (AvgIpc) is 3.18. The number of carbonyl (C=O) groups is 3. The Hall–Kier alpha value is -3.67. The predicted molar refractivity (Wildman–Crippen MR) is 95.4 cm³/mol. The summed E-state index contributed by atoms with van der Waals surface area (Å²) in [6.07, 6.45) is 1.44. The van der Waals surface area contributed by atoms with Crippen LogP contribution in [0, 0.1) is 6.92 Å². The second kappa shape index (κ2) is 6.00. The van der Waals surface area contributed by atoms with E-state index in [1.165, 1.54) is 6.26 Å². The van der Waals surface area contributed by atoms with Gasteiger partial charge in [0.1, 0.15) is 0 Å². The van der Waals surface area contributed by atoms with Gasteiger partial charge in [-0.15, -0.1) is 0 Å². The SMILES string of the molecule is Cc1ccoc1C(=O)Nc1cccc(N2C(=O)c3ccccc3C2=O)c1. The van der Waals surface area contributed by atoms with E-state index < -0.39 is 5.91 Å². The second-order valence-corrected chi connectivity index (χ2v) is 5.93. The fraction of sp³-hybridized carbons (Fsp3) is 0.0500. The Morgan fingerprint density at radius 3 is 2.27 bits per heavy atom. The van der Waals surface area contributed by atoms with Crippen molar-refractivity contribution >= 4 is 29.1 Å². The second-order valence-electron chi connectivity index (χ2n) is 5.93. The highest BCUT2D eigenvalue weighted by molar-refractivity contribution is 6.34. The van der Waals surface area contributed by atoms with E-state index in [1.807, 2.05) is 0 Å². The minimum atomic E-state index is -0.396. The molecule has 1 aromatic heterocycles. The number of rotatable bonds is 3. The summed E-state index contributed by atoms with van der Waals surface area (Å²) in [6, 6.07) is 15.0. The maximum absolute atomic E-state index is 12.6. The van der Waals surface area contributed by atoms with Crippen LogP contribution < -0.4 is 10.2 Å². The number of furan rings is 1. The van der Waals surface area contributed by atoms with Gasteiger partial charge in [-0.05, 0) is 43.3 Å². The topological polar surface area (TPSA) is 79.6 Å². The molecule has 3 aromatic rings. The molecule has 0 atom stereocenters. The van der Waals surface area contributed by atoms with Gasteiger partial charge >= 0.3 is 0 Å². The molecular weight excluding hydrogens is 332 g/mol. The van der Waals surface area contributed by atoms with E-state index in [0.29, 0.717) is 22.5 Å². The van der Waals surface area contributed by atoms with Crippen LogP contribution in [0.5, 0.6) is 0 Å². The van der Waals surface area contributed by atoms with Gasteiger partial charge in [-0.2, -0.15) is 0 Å². The zero-order chi connectivity index (χ0) is 18.3. The average molecular weight is 346 g/mol. The van der Waals surface area contributed by atoms with Gasteiger partial charge in [0, 0.05) is 11.3 Å². The van der Waals surface area contributed by atoms with Crippen molar-refractivity contribution in [2.75, 3.05) is 10.2 Å². The third kappa shape index (κ3) is 2.48. The van der Waals surface area contributed by atoms with Crippen molar-refractivity contribution in [1.29, 1.82) is 0 Å². The molecule has 4 rings (SSSR count). The van der Waals surface area contributed by atoms with Crippen LogP contribution in [0.1, 0.15) is 36.8 Å². The number of benzene rings is 2. The number of fused-ring (bicyclic) bond motifs is 1. The molecule has 0 aliphatic carbocycles. The molecule has 1 aliphatic rings. The maximum Gasteiger partial charge on any atom is 0.291 e. The van der Waals surface area contributed by atoms with Crippen LogP contribution in [-0.4, -0.2) is 17.7 Å². The third-order valence-corrected chi connectivity index (χ3v) is 4.22.